The normalized spacial score (nSPS) is 20.7. The first-order chi connectivity index (χ1) is 11.0. The molecule has 1 aromatic carbocycles. The number of carboxylic acids is 1. The van der Waals surface area contributed by atoms with E-state index in [1.807, 2.05) is 30.3 Å². The van der Waals surface area contributed by atoms with Gasteiger partial charge in [0.25, 0.3) is 0 Å². The van der Waals surface area contributed by atoms with Crippen LogP contribution in [0.15, 0.2) is 30.3 Å². The van der Waals surface area contributed by atoms with E-state index in [4.69, 9.17) is 4.74 Å². The third-order valence-electron chi connectivity index (χ3n) is 3.80. The Kier molecular flexibility index (Phi) is 5.56. The number of carbonyl (C=O) groups excluding carboxylic acids is 2. The smallest absolute Gasteiger partial charge is 0.410 e. The van der Waals surface area contributed by atoms with Crippen LogP contribution in [0.3, 0.4) is 0 Å². The van der Waals surface area contributed by atoms with Crippen LogP contribution in [-0.4, -0.2) is 48.2 Å². The van der Waals surface area contributed by atoms with E-state index in [0.29, 0.717) is 0 Å². The molecule has 1 aliphatic heterocycles. The van der Waals surface area contributed by atoms with Crippen LogP contribution in [0, 0.1) is 11.8 Å². The molecule has 1 aliphatic rings. The van der Waals surface area contributed by atoms with Gasteiger partial charge in [-0.2, -0.15) is 0 Å². The van der Waals surface area contributed by atoms with Gasteiger partial charge in [0.1, 0.15) is 6.61 Å². The van der Waals surface area contributed by atoms with E-state index in [-0.39, 0.29) is 26.1 Å². The van der Waals surface area contributed by atoms with Crippen molar-refractivity contribution in [3.8, 4) is 0 Å². The summed E-state index contributed by atoms with van der Waals surface area (Å²) in [6.07, 6.45) is -0.474. The summed E-state index contributed by atoms with van der Waals surface area (Å²) in [5, 5.41) is 9.19. The van der Waals surface area contributed by atoms with E-state index in [9.17, 15) is 19.5 Å². The van der Waals surface area contributed by atoms with Gasteiger partial charge >= 0.3 is 18.0 Å². The van der Waals surface area contributed by atoms with Gasteiger partial charge in [-0.15, -0.1) is 0 Å². The third kappa shape index (κ3) is 4.45. The van der Waals surface area contributed by atoms with Gasteiger partial charge in [-0.05, 0) is 12.0 Å². The average Bonchev–Trinajstić information content (AvgIpc) is 2.59. The van der Waals surface area contributed by atoms with Gasteiger partial charge in [0.05, 0.1) is 18.9 Å². The summed E-state index contributed by atoms with van der Waals surface area (Å²) in [4.78, 5) is 36.3. The second-order valence-electron chi connectivity index (χ2n) is 5.44. The number of amides is 1. The maximum absolute atomic E-state index is 12.2. The molecule has 0 aliphatic carbocycles. The molecule has 1 saturated heterocycles. The number of ether oxygens (including phenoxy) is 2. The fourth-order valence-corrected chi connectivity index (χ4v) is 2.58. The first-order valence-electron chi connectivity index (χ1n) is 7.27. The molecule has 0 unspecified atom stereocenters. The van der Waals surface area contributed by atoms with Crippen LogP contribution in [-0.2, 0) is 25.7 Å². The number of hydrogen-bond donors (Lipinski definition) is 1. The number of esters is 1. The van der Waals surface area contributed by atoms with Gasteiger partial charge < -0.3 is 19.5 Å². The van der Waals surface area contributed by atoms with Crippen LogP contribution in [0.1, 0.15) is 12.0 Å². The minimum atomic E-state index is -1.04. The Hall–Kier alpha value is -2.57. The van der Waals surface area contributed by atoms with E-state index in [0.717, 1.165) is 5.56 Å². The maximum atomic E-state index is 12.2. The molecule has 1 aromatic rings. The standard InChI is InChI=1S/C16H19NO6/c1-22-15(20)13-7-12(14(18)19)8-17(9-13)16(21)23-10-11-5-3-2-4-6-11/h2-6,12-13H,7-10H2,1H3,(H,18,19)/t12-,13-/m1/s1. The highest BCUT2D eigenvalue weighted by atomic mass is 16.6. The molecule has 1 amide bonds. The predicted molar refractivity (Wildman–Crippen MR) is 79.4 cm³/mol. The average molecular weight is 321 g/mol. The number of benzene rings is 1. The summed E-state index contributed by atoms with van der Waals surface area (Å²) in [7, 11) is 1.24. The van der Waals surface area contributed by atoms with Gasteiger partial charge in [-0.3, -0.25) is 9.59 Å². The van der Waals surface area contributed by atoms with Crippen molar-refractivity contribution in [3.05, 3.63) is 35.9 Å². The Morgan fingerprint density at radius 1 is 1.17 bits per heavy atom. The number of carboxylic acid groups (broad SMARTS) is 1. The lowest BCUT2D eigenvalue weighted by Crippen LogP contribution is -2.48. The quantitative estimate of drug-likeness (QED) is 0.845. The minimum Gasteiger partial charge on any atom is -0.481 e. The molecule has 7 heteroatoms. The lowest BCUT2D eigenvalue weighted by molar-refractivity contribution is -0.151. The number of carbonyl (C=O) groups is 3. The van der Waals surface area contributed by atoms with E-state index >= 15 is 0 Å². The number of hydrogen-bond acceptors (Lipinski definition) is 5. The summed E-state index contributed by atoms with van der Waals surface area (Å²) in [6, 6.07) is 9.16. The Balaban J connectivity index is 1.99. The number of methoxy groups -OCH3 is 1. The van der Waals surface area contributed by atoms with Crippen LogP contribution in [0.4, 0.5) is 4.79 Å². The van der Waals surface area contributed by atoms with E-state index < -0.39 is 29.9 Å². The van der Waals surface area contributed by atoms with Crippen LogP contribution >= 0.6 is 0 Å². The van der Waals surface area contributed by atoms with Crippen LogP contribution in [0.2, 0.25) is 0 Å². The zero-order valence-corrected chi connectivity index (χ0v) is 12.8. The summed E-state index contributed by atoms with van der Waals surface area (Å²) in [6.45, 7) is 0.220. The molecule has 0 aromatic heterocycles. The Bertz CT molecular complexity index is 573. The largest absolute Gasteiger partial charge is 0.481 e. The lowest BCUT2D eigenvalue weighted by Gasteiger charge is -2.34. The molecule has 2 atom stereocenters. The second-order valence-corrected chi connectivity index (χ2v) is 5.44. The van der Waals surface area contributed by atoms with Crippen molar-refractivity contribution in [1.29, 1.82) is 0 Å². The molecule has 124 valence electrons. The summed E-state index contributed by atoms with van der Waals surface area (Å²) < 4.78 is 9.86. The molecule has 0 radical (unpaired) electrons. The highest BCUT2D eigenvalue weighted by Crippen LogP contribution is 2.24. The maximum Gasteiger partial charge on any atom is 0.410 e. The van der Waals surface area contributed by atoms with Crippen molar-refractivity contribution >= 4 is 18.0 Å². The molecule has 0 bridgehead atoms. The molecule has 1 heterocycles. The minimum absolute atomic E-state index is 0.0243. The first kappa shape index (κ1) is 16.8. The van der Waals surface area contributed by atoms with Gasteiger partial charge in [0, 0.05) is 13.1 Å². The van der Waals surface area contributed by atoms with Crippen molar-refractivity contribution in [3.63, 3.8) is 0 Å². The molecule has 1 N–H and O–H groups in total. The Labute approximate surface area is 133 Å². The zero-order valence-electron chi connectivity index (χ0n) is 12.8. The molecule has 0 saturated carbocycles. The number of piperidine rings is 1. The van der Waals surface area contributed by atoms with Gasteiger partial charge in [0.2, 0.25) is 0 Å². The summed E-state index contributed by atoms with van der Waals surface area (Å²) in [5.74, 6) is -3.02. The first-order valence-corrected chi connectivity index (χ1v) is 7.27. The fourth-order valence-electron chi connectivity index (χ4n) is 2.58. The summed E-state index contributed by atoms with van der Waals surface area (Å²) >= 11 is 0. The molecule has 2 rings (SSSR count). The highest BCUT2D eigenvalue weighted by Gasteiger charge is 2.38. The third-order valence-corrected chi connectivity index (χ3v) is 3.80. The van der Waals surface area contributed by atoms with Crippen molar-refractivity contribution in [2.45, 2.75) is 13.0 Å². The van der Waals surface area contributed by atoms with E-state index in [2.05, 4.69) is 4.74 Å². The van der Waals surface area contributed by atoms with Crippen LogP contribution < -0.4 is 0 Å². The van der Waals surface area contributed by atoms with E-state index in [1.165, 1.54) is 12.0 Å². The lowest BCUT2D eigenvalue weighted by atomic mass is 9.89. The highest BCUT2D eigenvalue weighted by molar-refractivity contribution is 5.78. The Morgan fingerprint density at radius 2 is 1.83 bits per heavy atom. The number of rotatable bonds is 4. The number of aliphatic carboxylic acids is 1. The Morgan fingerprint density at radius 3 is 2.43 bits per heavy atom. The van der Waals surface area contributed by atoms with Crippen molar-refractivity contribution < 1.29 is 29.0 Å². The van der Waals surface area contributed by atoms with Gasteiger partial charge in [-0.1, -0.05) is 30.3 Å². The topological polar surface area (TPSA) is 93.1 Å². The number of likely N-dealkylation sites (tertiary alicyclic amines) is 1. The van der Waals surface area contributed by atoms with Crippen molar-refractivity contribution in [2.24, 2.45) is 11.8 Å². The zero-order chi connectivity index (χ0) is 16.8. The fraction of sp³-hybridized carbons (Fsp3) is 0.438. The van der Waals surface area contributed by atoms with E-state index in [1.54, 1.807) is 0 Å². The molecular weight excluding hydrogens is 302 g/mol. The van der Waals surface area contributed by atoms with Gasteiger partial charge in [0.15, 0.2) is 0 Å². The van der Waals surface area contributed by atoms with Crippen LogP contribution in [0.25, 0.3) is 0 Å². The molecular formula is C16H19NO6. The van der Waals surface area contributed by atoms with Crippen molar-refractivity contribution in [2.75, 3.05) is 20.2 Å². The molecule has 23 heavy (non-hydrogen) atoms. The van der Waals surface area contributed by atoms with Crippen molar-refractivity contribution in [1.82, 2.24) is 4.90 Å². The second kappa shape index (κ2) is 7.62. The monoisotopic (exact) mass is 321 g/mol. The predicted octanol–water partition coefficient (Wildman–Crippen LogP) is 1.52. The molecule has 1 fully saturated rings. The molecule has 7 nitrogen and oxygen atoms in total. The summed E-state index contributed by atoms with van der Waals surface area (Å²) in [5.41, 5.74) is 0.831. The van der Waals surface area contributed by atoms with Crippen LogP contribution in [0.5, 0.6) is 0 Å². The number of nitrogens with zero attached hydrogens (tertiary/aromatic N) is 1. The van der Waals surface area contributed by atoms with Gasteiger partial charge in [-0.25, -0.2) is 4.79 Å². The molecule has 0 spiro atoms. The SMILES string of the molecule is COC(=O)[C@@H]1C[C@@H](C(=O)O)CN(C(=O)OCc2ccccc2)C1.